The third-order valence-electron chi connectivity index (χ3n) is 12.0. The van der Waals surface area contributed by atoms with Crippen LogP contribution in [0.4, 0.5) is 17.5 Å². The van der Waals surface area contributed by atoms with E-state index in [4.69, 9.17) is 9.72 Å². The Labute approximate surface area is 351 Å². The number of Topliss-reactive ketones (excluding diaryl/α,β-unsaturated/α-hetero) is 1. The molecule has 4 amide bonds. The second-order valence-corrected chi connectivity index (χ2v) is 18.0. The van der Waals surface area contributed by atoms with Crippen molar-refractivity contribution >= 4 is 67.9 Å². The van der Waals surface area contributed by atoms with Gasteiger partial charge in [0, 0.05) is 50.2 Å². The van der Waals surface area contributed by atoms with Gasteiger partial charge in [-0.05, 0) is 82.2 Å². The summed E-state index contributed by atoms with van der Waals surface area (Å²) in [6.45, 7) is 4.97. The van der Waals surface area contributed by atoms with Crippen LogP contribution in [-0.4, -0.2) is 111 Å². The molecule has 1 saturated carbocycles. The van der Waals surface area contributed by atoms with E-state index in [2.05, 4.69) is 25.5 Å². The molecular weight excluding hydrogens is 807 g/mol. The largest absolute Gasteiger partial charge is 0.493 e. The zero-order valence-electron chi connectivity index (χ0n) is 34.0. The fourth-order valence-electron chi connectivity index (χ4n) is 8.77. The van der Waals surface area contributed by atoms with Crippen molar-refractivity contribution in [3.8, 4) is 5.75 Å². The van der Waals surface area contributed by atoms with E-state index in [1.165, 1.54) is 17.3 Å². The van der Waals surface area contributed by atoms with Gasteiger partial charge in [0.15, 0.2) is 5.78 Å². The summed E-state index contributed by atoms with van der Waals surface area (Å²) in [6, 6.07) is 7.25. The van der Waals surface area contributed by atoms with Crippen LogP contribution in [0.2, 0.25) is 0 Å². The molecule has 19 heteroatoms. The summed E-state index contributed by atoms with van der Waals surface area (Å²) in [6.07, 6.45) is 8.61. The number of hydrogen-bond donors (Lipinski definition) is 2. The van der Waals surface area contributed by atoms with Gasteiger partial charge in [0.05, 0.1) is 40.9 Å². The van der Waals surface area contributed by atoms with Crippen LogP contribution in [0.5, 0.6) is 5.75 Å². The predicted octanol–water partition coefficient (Wildman–Crippen LogP) is 3.66. The number of piperazine rings is 1. The van der Waals surface area contributed by atoms with Crippen molar-refractivity contribution in [3.05, 3.63) is 75.3 Å². The highest BCUT2D eigenvalue weighted by atomic mass is 32.2. The fraction of sp³-hybridized carbons (Fsp3) is 0.452. The molecule has 0 bridgehead atoms. The van der Waals surface area contributed by atoms with E-state index in [1.807, 2.05) is 6.07 Å². The number of ketones is 1. The van der Waals surface area contributed by atoms with Crippen molar-refractivity contribution < 1.29 is 37.1 Å². The van der Waals surface area contributed by atoms with Crippen molar-refractivity contribution in [2.75, 3.05) is 48.8 Å². The van der Waals surface area contributed by atoms with Gasteiger partial charge in [-0.3, -0.25) is 43.6 Å². The van der Waals surface area contributed by atoms with Gasteiger partial charge in [-0.15, -0.1) is 0 Å². The number of aryl methyl sites for hydroxylation is 1. The standard InChI is InChI=1S/C42H47N9O9S/c1-25-30-24-44-42(47-37(30)50(27-9-4-5-10-27)40(56)35(25)26(2)52)45-33-15-13-28(23-43-33)48-17-19-49(20-18-48)61(58,59)22-7-3-6-21-60-32-12-8-11-29-36(32)41(57)51(39(29)55)31-14-16-34(53)46-38(31)54/h8,11-13,15,23-24,27,31H,3-7,9-10,14,16-22H2,1-2H3,(H,46,53,54)(H,43,44,45,47). The van der Waals surface area contributed by atoms with Crippen LogP contribution in [0, 0.1) is 6.92 Å². The third-order valence-corrected chi connectivity index (χ3v) is 13.9. The number of rotatable bonds is 14. The number of hydrogen-bond acceptors (Lipinski definition) is 14. The van der Waals surface area contributed by atoms with E-state index in [9.17, 15) is 37.2 Å². The normalized spacial score (nSPS) is 18.8. The van der Waals surface area contributed by atoms with Crippen molar-refractivity contribution in [1.29, 1.82) is 0 Å². The number of unbranched alkanes of at least 4 members (excludes halogenated alkanes) is 2. The van der Waals surface area contributed by atoms with Crippen molar-refractivity contribution in [1.82, 2.24) is 34.0 Å². The number of nitrogens with zero attached hydrogens (tertiary/aromatic N) is 7. The first kappa shape index (κ1) is 41.6. The Morgan fingerprint density at radius 3 is 2.39 bits per heavy atom. The summed E-state index contributed by atoms with van der Waals surface area (Å²) < 4.78 is 35.6. The number of pyridine rings is 2. The lowest BCUT2D eigenvalue weighted by Crippen LogP contribution is -2.54. The van der Waals surface area contributed by atoms with Crippen LogP contribution in [-0.2, 0) is 19.6 Å². The highest BCUT2D eigenvalue weighted by Gasteiger charge is 2.46. The lowest BCUT2D eigenvalue weighted by molar-refractivity contribution is -0.136. The number of piperidine rings is 1. The van der Waals surface area contributed by atoms with Gasteiger partial charge in [0.25, 0.3) is 17.4 Å². The Hall–Kier alpha value is -6.08. The van der Waals surface area contributed by atoms with Gasteiger partial charge in [-0.1, -0.05) is 18.9 Å². The van der Waals surface area contributed by atoms with Crippen molar-refractivity contribution in [2.24, 2.45) is 0 Å². The molecule has 61 heavy (non-hydrogen) atoms. The Balaban J connectivity index is 0.807. The van der Waals surface area contributed by atoms with Crippen LogP contribution < -0.4 is 25.8 Å². The van der Waals surface area contributed by atoms with Gasteiger partial charge >= 0.3 is 0 Å². The topological polar surface area (TPSA) is 223 Å². The van der Waals surface area contributed by atoms with E-state index in [1.54, 1.807) is 42.1 Å². The first-order valence-corrected chi connectivity index (χ1v) is 22.3. The zero-order valence-corrected chi connectivity index (χ0v) is 34.8. The fourth-order valence-corrected chi connectivity index (χ4v) is 10.3. The average molecular weight is 854 g/mol. The van der Waals surface area contributed by atoms with Gasteiger partial charge < -0.3 is 15.0 Å². The van der Waals surface area contributed by atoms with Crippen molar-refractivity contribution in [3.63, 3.8) is 0 Å². The Kier molecular flexibility index (Phi) is 11.7. The van der Waals surface area contributed by atoms with E-state index in [-0.39, 0.29) is 71.0 Å². The molecule has 8 rings (SSSR count). The van der Waals surface area contributed by atoms with Gasteiger partial charge in [-0.25, -0.2) is 18.4 Å². The van der Waals surface area contributed by atoms with Crippen LogP contribution >= 0.6 is 0 Å². The Bertz CT molecular complexity index is 2600. The Morgan fingerprint density at radius 2 is 1.69 bits per heavy atom. The smallest absolute Gasteiger partial charge is 0.266 e. The number of carbonyl (C=O) groups excluding carboxylic acids is 5. The molecule has 4 aliphatic rings. The van der Waals surface area contributed by atoms with Gasteiger partial charge in [-0.2, -0.15) is 9.29 Å². The number of aromatic nitrogens is 4. The number of amides is 4. The summed E-state index contributed by atoms with van der Waals surface area (Å²) in [5.74, 6) is -1.72. The van der Waals surface area contributed by atoms with Crippen LogP contribution in [0.3, 0.4) is 0 Å². The molecule has 1 atom stereocenters. The maximum Gasteiger partial charge on any atom is 0.266 e. The number of sulfonamides is 1. The molecule has 6 heterocycles. The summed E-state index contributed by atoms with van der Waals surface area (Å²) in [4.78, 5) is 93.1. The second-order valence-electron chi connectivity index (χ2n) is 15.9. The van der Waals surface area contributed by atoms with Crippen LogP contribution in [0.1, 0.15) is 107 Å². The number of carbonyl (C=O) groups is 5. The second kappa shape index (κ2) is 17.1. The molecule has 1 aromatic carbocycles. The molecule has 4 aromatic rings. The molecular formula is C42H47N9O9S. The number of benzene rings is 1. The minimum atomic E-state index is -3.51. The quantitative estimate of drug-likeness (QED) is 0.105. The highest BCUT2D eigenvalue weighted by molar-refractivity contribution is 7.89. The van der Waals surface area contributed by atoms with Crippen molar-refractivity contribution in [2.45, 2.75) is 83.7 Å². The maximum atomic E-state index is 13.6. The number of imide groups is 2. The van der Waals surface area contributed by atoms with E-state index in [0.717, 1.165) is 36.3 Å². The molecule has 3 aliphatic heterocycles. The van der Waals surface area contributed by atoms with Crippen LogP contribution in [0.25, 0.3) is 11.0 Å². The molecule has 1 unspecified atom stereocenters. The first-order valence-electron chi connectivity index (χ1n) is 20.7. The summed E-state index contributed by atoms with van der Waals surface area (Å²) in [5.41, 5.74) is 1.96. The molecule has 2 N–H and O–H groups in total. The average Bonchev–Trinajstić information content (AvgIpc) is 3.86. The third kappa shape index (κ3) is 8.23. The molecule has 320 valence electrons. The van der Waals surface area contributed by atoms with Gasteiger partial charge in [0.1, 0.15) is 23.3 Å². The molecule has 1 aliphatic carbocycles. The SMILES string of the molecule is CC(=O)c1c(C)c2cnc(Nc3ccc(N4CCN(S(=O)(=O)CCCCCOc5cccc6c5C(=O)N(C5CCC(=O)NC5=O)C6=O)CC4)cn3)nc2n(C2CCCC2)c1=O. The highest BCUT2D eigenvalue weighted by Crippen LogP contribution is 2.35. The molecule has 18 nitrogen and oxygen atoms in total. The lowest BCUT2D eigenvalue weighted by Gasteiger charge is -2.35. The first-order chi connectivity index (χ1) is 29.3. The molecule has 3 fully saturated rings. The minimum Gasteiger partial charge on any atom is -0.493 e. The Morgan fingerprint density at radius 1 is 0.918 bits per heavy atom. The monoisotopic (exact) mass is 853 g/mol. The lowest BCUT2D eigenvalue weighted by atomic mass is 10.0. The summed E-state index contributed by atoms with van der Waals surface area (Å²) in [7, 11) is -3.51. The number of ether oxygens (including phenoxy) is 1. The number of nitrogens with one attached hydrogen (secondary N) is 2. The maximum absolute atomic E-state index is 13.6. The predicted molar refractivity (Wildman–Crippen MR) is 224 cm³/mol. The minimum absolute atomic E-state index is 0.0192. The van der Waals surface area contributed by atoms with E-state index >= 15 is 0 Å². The van der Waals surface area contributed by atoms with E-state index in [0.29, 0.717) is 67.9 Å². The van der Waals surface area contributed by atoms with E-state index < -0.39 is 39.7 Å². The van der Waals surface area contributed by atoms with Crippen LogP contribution in [0.15, 0.2) is 47.5 Å². The number of anilines is 3. The summed E-state index contributed by atoms with van der Waals surface area (Å²) >= 11 is 0. The van der Waals surface area contributed by atoms with Gasteiger partial charge in [0.2, 0.25) is 27.8 Å². The summed E-state index contributed by atoms with van der Waals surface area (Å²) in [5, 5.41) is 5.98. The molecule has 2 saturated heterocycles. The molecule has 3 aromatic heterocycles. The number of fused-ring (bicyclic) bond motifs is 2. The molecule has 0 spiro atoms. The molecule has 0 radical (unpaired) electrons. The zero-order chi connectivity index (χ0) is 43.0.